The van der Waals surface area contributed by atoms with Gasteiger partial charge in [0.1, 0.15) is 5.82 Å². The van der Waals surface area contributed by atoms with Crippen LogP contribution >= 0.6 is 0 Å². The van der Waals surface area contributed by atoms with Gasteiger partial charge in [-0.3, -0.25) is 0 Å². The summed E-state index contributed by atoms with van der Waals surface area (Å²) in [6.45, 7) is 3.76. The Morgan fingerprint density at radius 1 is 0.786 bits per heavy atom. The van der Waals surface area contributed by atoms with Crippen molar-refractivity contribution in [2.75, 3.05) is 0 Å². The van der Waals surface area contributed by atoms with Gasteiger partial charge >= 0.3 is 0 Å². The molecule has 144 valence electrons. The average Bonchev–Trinajstić information content (AvgIpc) is 2.71. The normalized spacial score (nSPS) is 11.3. The molecule has 0 N–H and O–H groups in total. The van der Waals surface area contributed by atoms with E-state index in [-0.39, 0.29) is 5.56 Å². The minimum absolute atomic E-state index is 0.0690. The van der Waals surface area contributed by atoms with Gasteiger partial charge < -0.3 is 0 Å². The second kappa shape index (κ2) is 8.92. The molecule has 0 heterocycles. The fourth-order valence-electron chi connectivity index (χ4n) is 3.27. The van der Waals surface area contributed by atoms with E-state index in [1.54, 1.807) is 25.1 Å². The van der Waals surface area contributed by atoms with Crippen LogP contribution in [-0.4, -0.2) is 0 Å². The molecule has 0 saturated heterocycles. The molecule has 0 aromatic heterocycles. The Bertz CT molecular complexity index is 985. The molecule has 0 spiro atoms. The Hall–Kier alpha value is -2.81. The Morgan fingerprint density at radius 3 is 2.11 bits per heavy atom. The first-order valence-corrected chi connectivity index (χ1v) is 9.52. The molecule has 0 radical (unpaired) electrons. The van der Waals surface area contributed by atoms with Crippen LogP contribution in [0.1, 0.15) is 31.4 Å². The summed E-state index contributed by atoms with van der Waals surface area (Å²) in [4.78, 5) is 0. The third-order valence-corrected chi connectivity index (χ3v) is 4.92. The van der Waals surface area contributed by atoms with Crippen molar-refractivity contribution in [3.05, 3.63) is 95.3 Å². The lowest BCUT2D eigenvalue weighted by Crippen LogP contribution is -1.96. The summed E-state index contributed by atoms with van der Waals surface area (Å²) in [6, 6.07) is 15.3. The highest BCUT2D eigenvalue weighted by Gasteiger charge is 2.15. The van der Waals surface area contributed by atoms with Gasteiger partial charge in [-0.25, -0.2) is 13.2 Å². The average molecular weight is 380 g/mol. The second-order valence-electron chi connectivity index (χ2n) is 6.75. The first kappa shape index (κ1) is 19.9. The van der Waals surface area contributed by atoms with Crippen LogP contribution in [0.15, 0.2) is 66.7 Å². The number of benzene rings is 3. The number of halogens is 3. The summed E-state index contributed by atoms with van der Waals surface area (Å²) in [7, 11) is 0. The molecule has 0 unspecified atom stereocenters. The van der Waals surface area contributed by atoms with Gasteiger partial charge in [0, 0.05) is 11.1 Å². The highest BCUT2D eigenvalue weighted by molar-refractivity contribution is 5.71. The molecule has 0 amide bonds. The summed E-state index contributed by atoms with van der Waals surface area (Å²) in [6.07, 6.45) is 6.45. The molecule has 0 saturated carbocycles. The van der Waals surface area contributed by atoms with E-state index in [0.717, 1.165) is 18.4 Å². The molecule has 3 heteroatoms. The fraction of sp³-hybridized carbons (Fsp3) is 0.200. The van der Waals surface area contributed by atoms with Crippen molar-refractivity contribution in [3.8, 4) is 22.3 Å². The van der Waals surface area contributed by atoms with Gasteiger partial charge in [0.15, 0.2) is 11.6 Å². The fourth-order valence-corrected chi connectivity index (χ4v) is 3.27. The molecule has 0 fully saturated rings. The zero-order valence-corrected chi connectivity index (χ0v) is 16.1. The Morgan fingerprint density at radius 2 is 1.46 bits per heavy atom. The molecule has 0 aliphatic rings. The van der Waals surface area contributed by atoms with Crippen molar-refractivity contribution < 1.29 is 13.2 Å². The summed E-state index contributed by atoms with van der Waals surface area (Å²) >= 11 is 0. The number of allylic oxidation sites excluding steroid dienone is 2. The zero-order valence-electron chi connectivity index (χ0n) is 16.1. The Kier molecular flexibility index (Phi) is 6.35. The molecule has 3 rings (SSSR count). The molecule has 28 heavy (non-hydrogen) atoms. The maximum absolute atomic E-state index is 14.7. The molecule has 0 atom stereocenters. The van der Waals surface area contributed by atoms with Crippen LogP contribution < -0.4 is 0 Å². The smallest absolute Gasteiger partial charge is 0.166 e. The molecule has 0 nitrogen and oxygen atoms in total. The van der Waals surface area contributed by atoms with Gasteiger partial charge in [0.2, 0.25) is 0 Å². The van der Waals surface area contributed by atoms with E-state index in [9.17, 15) is 13.2 Å². The van der Waals surface area contributed by atoms with Gasteiger partial charge in [0.25, 0.3) is 0 Å². The van der Waals surface area contributed by atoms with Crippen LogP contribution in [-0.2, 0) is 12.8 Å². The Labute approximate surface area is 164 Å². The molecular formula is C25H23F3. The van der Waals surface area contributed by atoms with Gasteiger partial charge in [-0.15, -0.1) is 0 Å². The van der Waals surface area contributed by atoms with Crippen LogP contribution in [0, 0.1) is 17.5 Å². The highest BCUT2D eigenvalue weighted by atomic mass is 19.2. The van der Waals surface area contributed by atoms with Crippen LogP contribution in [0.25, 0.3) is 22.3 Å². The van der Waals surface area contributed by atoms with E-state index in [4.69, 9.17) is 0 Å². The second-order valence-corrected chi connectivity index (χ2v) is 6.75. The van der Waals surface area contributed by atoms with E-state index >= 15 is 0 Å². The minimum Gasteiger partial charge on any atom is -0.206 e. The molecule has 0 aliphatic heterocycles. The molecule has 0 bridgehead atoms. The topological polar surface area (TPSA) is 0 Å². The van der Waals surface area contributed by atoms with Gasteiger partial charge in [-0.2, -0.15) is 0 Å². The summed E-state index contributed by atoms with van der Waals surface area (Å²) in [5, 5.41) is 0. The maximum Gasteiger partial charge on any atom is 0.166 e. The van der Waals surface area contributed by atoms with Crippen LogP contribution in [0.4, 0.5) is 13.2 Å². The molecule has 3 aromatic carbocycles. The van der Waals surface area contributed by atoms with Crippen molar-refractivity contribution >= 4 is 0 Å². The van der Waals surface area contributed by atoms with Crippen molar-refractivity contribution in [1.29, 1.82) is 0 Å². The molecule has 3 aromatic rings. The molecule has 0 aliphatic carbocycles. The lowest BCUT2D eigenvalue weighted by atomic mass is 9.97. The van der Waals surface area contributed by atoms with E-state index in [1.165, 1.54) is 17.7 Å². The van der Waals surface area contributed by atoms with Crippen LogP contribution in [0.2, 0.25) is 0 Å². The van der Waals surface area contributed by atoms with Crippen molar-refractivity contribution in [2.24, 2.45) is 0 Å². The minimum atomic E-state index is -0.933. The molecular weight excluding hydrogens is 357 g/mol. The highest BCUT2D eigenvalue weighted by Crippen LogP contribution is 2.31. The summed E-state index contributed by atoms with van der Waals surface area (Å²) < 4.78 is 43.2. The third kappa shape index (κ3) is 4.19. The number of rotatable bonds is 6. The van der Waals surface area contributed by atoms with Crippen LogP contribution in [0.5, 0.6) is 0 Å². The van der Waals surface area contributed by atoms with Gasteiger partial charge in [-0.1, -0.05) is 67.6 Å². The van der Waals surface area contributed by atoms with E-state index < -0.39 is 17.5 Å². The van der Waals surface area contributed by atoms with Crippen LogP contribution in [0.3, 0.4) is 0 Å². The lowest BCUT2D eigenvalue weighted by molar-refractivity contribution is 0.502. The van der Waals surface area contributed by atoms with Gasteiger partial charge in [-0.05, 0) is 54.5 Å². The van der Waals surface area contributed by atoms with E-state index in [1.807, 2.05) is 37.3 Å². The number of hydrogen-bond acceptors (Lipinski definition) is 0. The predicted molar refractivity (Wildman–Crippen MR) is 110 cm³/mol. The monoisotopic (exact) mass is 380 g/mol. The summed E-state index contributed by atoms with van der Waals surface area (Å²) in [5.74, 6) is -2.26. The SMILES string of the molecule is CC=CCCc1ccc(-c2ccc(-c3ccc(CC)c(F)c3F)cc2F)cc1. The first-order valence-electron chi connectivity index (χ1n) is 9.52. The lowest BCUT2D eigenvalue weighted by Gasteiger charge is -2.10. The standard InChI is InChI=1S/C25H23F3/c1-3-5-6-7-17-8-10-19(11-9-17)21-14-13-20(16-23(21)26)22-15-12-18(4-2)24(27)25(22)28/h3,5,8-16H,4,6-7H2,1-2H3. The van der Waals surface area contributed by atoms with Crippen molar-refractivity contribution in [2.45, 2.75) is 33.1 Å². The van der Waals surface area contributed by atoms with Crippen molar-refractivity contribution in [3.63, 3.8) is 0 Å². The largest absolute Gasteiger partial charge is 0.206 e. The maximum atomic E-state index is 14.7. The number of aryl methyl sites for hydroxylation is 2. The number of hydrogen-bond donors (Lipinski definition) is 0. The quantitative estimate of drug-likeness (QED) is 0.388. The van der Waals surface area contributed by atoms with E-state index in [2.05, 4.69) is 6.08 Å². The van der Waals surface area contributed by atoms with Gasteiger partial charge in [0.05, 0.1) is 0 Å². The summed E-state index contributed by atoms with van der Waals surface area (Å²) in [5.41, 5.74) is 3.09. The van der Waals surface area contributed by atoms with Crippen molar-refractivity contribution in [1.82, 2.24) is 0 Å². The first-order chi connectivity index (χ1) is 13.5. The van der Waals surface area contributed by atoms with E-state index in [0.29, 0.717) is 23.1 Å². The predicted octanol–water partition coefficient (Wildman–Crippen LogP) is 7.51. The third-order valence-electron chi connectivity index (χ3n) is 4.92. The Balaban J connectivity index is 1.88. The zero-order chi connectivity index (χ0) is 20.1.